The van der Waals surface area contributed by atoms with Gasteiger partial charge in [0.2, 0.25) is 6.29 Å². The van der Waals surface area contributed by atoms with E-state index in [4.69, 9.17) is 9.47 Å². The first-order valence-electron chi connectivity index (χ1n) is 4.65. The third-order valence-electron chi connectivity index (χ3n) is 1.59. The third-order valence-corrected chi connectivity index (χ3v) is 2.17. The van der Waals surface area contributed by atoms with Crippen LogP contribution in [0.1, 0.15) is 33.6 Å². The maximum atomic E-state index is 11.2. The highest BCUT2D eigenvalue weighted by Gasteiger charge is 2.17. The van der Waals surface area contributed by atoms with E-state index in [2.05, 4.69) is 12.6 Å². The monoisotopic (exact) mass is 206 g/mol. The Hall–Kier alpha value is -0.220. The Morgan fingerprint density at radius 2 is 1.92 bits per heavy atom. The molecule has 0 radical (unpaired) electrons. The van der Waals surface area contributed by atoms with E-state index in [0.29, 0.717) is 19.4 Å². The Balaban J connectivity index is 3.85. The molecule has 0 aromatic rings. The summed E-state index contributed by atoms with van der Waals surface area (Å²) in [6.45, 7) is 6.22. The number of ether oxygens (including phenoxy) is 2. The number of hydrogen-bond acceptors (Lipinski definition) is 4. The molecule has 0 fully saturated rings. The molecule has 3 nitrogen and oxygen atoms in total. The molecule has 0 aromatic heterocycles. The fourth-order valence-electron chi connectivity index (χ4n) is 0.796. The molecule has 0 aliphatic carbocycles. The summed E-state index contributed by atoms with van der Waals surface area (Å²) < 4.78 is 10.2. The van der Waals surface area contributed by atoms with Crippen LogP contribution in [0.3, 0.4) is 0 Å². The van der Waals surface area contributed by atoms with Crippen LogP contribution < -0.4 is 0 Å². The van der Waals surface area contributed by atoms with Gasteiger partial charge in [-0.25, -0.2) is 0 Å². The molecule has 0 spiro atoms. The quantitative estimate of drug-likeness (QED) is 0.410. The van der Waals surface area contributed by atoms with Crippen LogP contribution >= 0.6 is 12.6 Å². The number of thiol groups is 1. The Morgan fingerprint density at radius 1 is 1.31 bits per heavy atom. The molecule has 13 heavy (non-hydrogen) atoms. The molecule has 0 bridgehead atoms. The van der Waals surface area contributed by atoms with Crippen molar-refractivity contribution in [2.45, 2.75) is 45.2 Å². The van der Waals surface area contributed by atoms with Crippen molar-refractivity contribution in [3.63, 3.8) is 0 Å². The zero-order valence-corrected chi connectivity index (χ0v) is 9.34. The fourth-order valence-corrected chi connectivity index (χ4v) is 0.857. The standard InChI is InChI=1S/C9H18O3S/c1-4-7(13)9(10)12-8(5-2)11-6-3/h7-8,13H,4-6H2,1-3H3. The van der Waals surface area contributed by atoms with Crippen LogP contribution in [0.2, 0.25) is 0 Å². The van der Waals surface area contributed by atoms with Crippen molar-refractivity contribution >= 4 is 18.6 Å². The number of esters is 1. The van der Waals surface area contributed by atoms with Crippen molar-refractivity contribution in [2.75, 3.05) is 6.61 Å². The maximum Gasteiger partial charge on any atom is 0.321 e. The van der Waals surface area contributed by atoms with Crippen molar-refractivity contribution in [2.24, 2.45) is 0 Å². The molecule has 0 saturated carbocycles. The van der Waals surface area contributed by atoms with Crippen LogP contribution in [0.5, 0.6) is 0 Å². The van der Waals surface area contributed by atoms with Crippen LogP contribution in [0.25, 0.3) is 0 Å². The topological polar surface area (TPSA) is 35.5 Å². The summed E-state index contributed by atoms with van der Waals surface area (Å²) in [7, 11) is 0. The van der Waals surface area contributed by atoms with Gasteiger partial charge in [-0.05, 0) is 13.3 Å². The summed E-state index contributed by atoms with van der Waals surface area (Å²) in [5, 5.41) is -0.338. The largest absolute Gasteiger partial charge is 0.435 e. The van der Waals surface area contributed by atoms with E-state index in [-0.39, 0.29) is 11.2 Å². The van der Waals surface area contributed by atoms with Gasteiger partial charge in [0, 0.05) is 13.0 Å². The van der Waals surface area contributed by atoms with E-state index in [9.17, 15) is 4.79 Å². The second-order valence-electron chi connectivity index (χ2n) is 2.65. The van der Waals surface area contributed by atoms with Crippen molar-refractivity contribution in [3.05, 3.63) is 0 Å². The van der Waals surface area contributed by atoms with Crippen LogP contribution in [0.15, 0.2) is 0 Å². The van der Waals surface area contributed by atoms with Gasteiger partial charge in [0.05, 0.1) is 5.25 Å². The van der Waals surface area contributed by atoms with Crippen molar-refractivity contribution in [1.82, 2.24) is 0 Å². The zero-order chi connectivity index (χ0) is 10.3. The van der Waals surface area contributed by atoms with E-state index in [1.54, 1.807) is 0 Å². The lowest BCUT2D eigenvalue weighted by molar-refractivity contribution is -0.177. The van der Waals surface area contributed by atoms with Gasteiger partial charge in [0.1, 0.15) is 0 Å². The molecule has 0 rings (SSSR count). The van der Waals surface area contributed by atoms with E-state index in [1.807, 2.05) is 20.8 Å². The summed E-state index contributed by atoms with van der Waals surface area (Å²) in [6.07, 6.45) is 0.924. The first-order valence-corrected chi connectivity index (χ1v) is 5.17. The van der Waals surface area contributed by atoms with Crippen molar-refractivity contribution in [3.8, 4) is 0 Å². The summed E-state index contributed by atoms with van der Waals surface area (Å²) in [4.78, 5) is 11.2. The van der Waals surface area contributed by atoms with Crippen LogP contribution in [0, 0.1) is 0 Å². The summed E-state index contributed by atoms with van der Waals surface area (Å²) >= 11 is 4.08. The lowest BCUT2D eigenvalue weighted by Gasteiger charge is -2.17. The first-order chi connectivity index (χ1) is 6.15. The van der Waals surface area contributed by atoms with Gasteiger partial charge in [0.25, 0.3) is 0 Å². The SMILES string of the molecule is CCOC(CC)OC(=O)C(S)CC. The Labute approximate surface area is 85.2 Å². The van der Waals surface area contributed by atoms with E-state index in [0.717, 1.165) is 0 Å². The van der Waals surface area contributed by atoms with Gasteiger partial charge in [0.15, 0.2) is 0 Å². The maximum absolute atomic E-state index is 11.2. The molecule has 0 amide bonds. The second-order valence-corrected chi connectivity index (χ2v) is 3.28. The number of carbonyl (C=O) groups is 1. The molecule has 0 aromatic carbocycles. The van der Waals surface area contributed by atoms with E-state index in [1.165, 1.54) is 0 Å². The average molecular weight is 206 g/mol. The predicted octanol–water partition coefficient (Wildman–Crippen LogP) is 2.01. The highest BCUT2D eigenvalue weighted by atomic mass is 32.1. The number of hydrogen-bond donors (Lipinski definition) is 1. The molecule has 4 heteroatoms. The Kier molecular flexibility index (Phi) is 7.09. The van der Waals surface area contributed by atoms with E-state index >= 15 is 0 Å². The number of rotatable bonds is 6. The molecule has 0 saturated heterocycles. The van der Waals surface area contributed by atoms with Gasteiger partial charge >= 0.3 is 5.97 Å². The summed E-state index contributed by atoms with van der Waals surface area (Å²) in [5.41, 5.74) is 0. The van der Waals surface area contributed by atoms with Gasteiger partial charge in [-0.2, -0.15) is 12.6 Å². The third kappa shape index (κ3) is 5.16. The minimum Gasteiger partial charge on any atom is -0.435 e. The predicted molar refractivity (Wildman–Crippen MR) is 54.9 cm³/mol. The molecular formula is C9H18O3S. The van der Waals surface area contributed by atoms with Gasteiger partial charge < -0.3 is 9.47 Å². The van der Waals surface area contributed by atoms with Crippen LogP contribution in [-0.2, 0) is 14.3 Å². The molecule has 2 atom stereocenters. The normalized spacial score (nSPS) is 15.1. The molecule has 78 valence electrons. The summed E-state index contributed by atoms with van der Waals surface area (Å²) in [5.74, 6) is -0.300. The molecule has 0 aliphatic rings. The summed E-state index contributed by atoms with van der Waals surface area (Å²) in [6, 6.07) is 0. The molecule has 0 N–H and O–H groups in total. The smallest absolute Gasteiger partial charge is 0.321 e. The lowest BCUT2D eigenvalue weighted by Crippen LogP contribution is -2.26. The zero-order valence-electron chi connectivity index (χ0n) is 8.45. The van der Waals surface area contributed by atoms with Crippen LogP contribution in [0.4, 0.5) is 0 Å². The second kappa shape index (κ2) is 7.21. The van der Waals surface area contributed by atoms with Crippen molar-refractivity contribution in [1.29, 1.82) is 0 Å². The van der Waals surface area contributed by atoms with Crippen LogP contribution in [-0.4, -0.2) is 24.1 Å². The lowest BCUT2D eigenvalue weighted by atomic mass is 10.3. The molecule has 0 aliphatic heterocycles. The number of carbonyl (C=O) groups excluding carboxylic acids is 1. The molecule has 0 heterocycles. The van der Waals surface area contributed by atoms with Gasteiger partial charge in [-0.1, -0.05) is 13.8 Å². The minimum atomic E-state index is -0.418. The first kappa shape index (κ1) is 12.8. The molecular weight excluding hydrogens is 188 g/mol. The van der Waals surface area contributed by atoms with Crippen molar-refractivity contribution < 1.29 is 14.3 Å². The minimum absolute atomic E-state index is 0.300. The molecule has 2 unspecified atom stereocenters. The van der Waals surface area contributed by atoms with E-state index < -0.39 is 6.29 Å². The average Bonchev–Trinajstić information content (AvgIpc) is 2.15. The highest BCUT2D eigenvalue weighted by Crippen LogP contribution is 2.08. The Bertz CT molecular complexity index is 150. The highest BCUT2D eigenvalue weighted by molar-refractivity contribution is 7.81. The fraction of sp³-hybridized carbons (Fsp3) is 0.889. The van der Waals surface area contributed by atoms with Gasteiger partial charge in [-0.15, -0.1) is 0 Å². The Morgan fingerprint density at radius 3 is 2.31 bits per heavy atom. The van der Waals surface area contributed by atoms with Gasteiger partial charge in [-0.3, -0.25) is 4.79 Å².